The van der Waals surface area contributed by atoms with Crippen molar-refractivity contribution in [3.8, 4) is 0 Å². The molecule has 0 spiro atoms. The molecule has 13 heavy (non-hydrogen) atoms. The lowest BCUT2D eigenvalue weighted by atomic mass is 9.93. The molecule has 1 fully saturated rings. The predicted octanol–water partition coefficient (Wildman–Crippen LogP) is 2.37. The second-order valence-corrected chi connectivity index (χ2v) is 5.03. The van der Waals surface area contributed by atoms with Crippen molar-refractivity contribution in [1.29, 1.82) is 0 Å². The van der Waals surface area contributed by atoms with Gasteiger partial charge in [-0.3, -0.25) is 0 Å². The zero-order valence-electron chi connectivity index (χ0n) is 8.31. The fourth-order valence-electron chi connectivity index (χ4n) is 1.81. The molecule has 4 heteroatoms. The fourth-order valence-corrected chi connectivity index (χ4v) is 2.94. The van der Waals surface area contributed by atoms with Gasteiger partial charge in [-0.05, 0) is 25.1 Å². The Morgan fingerprint density at radius 2 is 2.08 bits per heavy atom. The van der Waals surface area contributed by atoms with Crippen LogP contribution < -0.4 is 5.32 Å². The van der Waals surface area contributed by atoms with E-state index in [-0.39, 0.29) is 5.25 Å². The second-order valence-electron chi connectivity index (χ2n) is 3.96. The van der Waals surface area contributed by atoms with Crippen molar-refractivity contribution in [2.75, 3.05) is 12.8 Å². The monoisotopic (exact) mass is 209 g/mol. The average molecular weight is 209 g/mol. The maximum atomic E-state index is 13.1. The van der Waals surface area contributed by atoms with Gasteiger partial charge in [0.1, 0.15) is 0 Å². The molecule has 1 rings (SSSR count). The third-order valence-electron chi connectivity index (χ3n) is 2.54. The van der Waals surface area contributed by atoms with Crippen LogP contribution in [0.15, 0.2) is 0 Å². The average Bonchev–Trinajstić information content (AvgIpc) is 2.01. The molecule has 1 aliphatic rings. The minimum atomic E-state index is -2.60. The SMILES string of the molecule is CSC1CC(C)CNC1C(C)(F)F. The molecule has 0 radical (unpaired) electrons. The highest BCUT2D eigenvalue weighted by molar-refractivity contribution is 7.99. The Bertz CT molecular complexity index is 169. The Morgan fingerprint density at radius 1 is 1.46 bits per heavy atom. The summed E-state index contributed by atoms with van der Waals surface area (Å²) in [6.07, 6.45) is 2.80. The fraction of sp³-hybridized carbons (Fsp3) is 1.00. The van der Waals surface area contributed by atoms with Crippen molar-refractivity contribution < 1.29 is 8.78 Å². The van der Waals surface area contributed by atoms with Crippen LogP contribution in [0.3, 0.4) is 0 Å². The molecule has 0 aromatic heterocycles. The molecule has 1 nitrogen and oxygen atoms in total. The predicted molar refractivity (Wildman–Crippen MR) is 53.5 cm³/mol. The highest BCUT2D eigenvalue weighted by atomic mass is 32.2. The van der Waals surface area contributed by atoms with Crippen LogP contribution in [0.2, 0.25) is 0 Å². The molecule has 0 saturated carbocycles. The highest BCUT2D eigenvalue weighted by Crippen LogP contribution is 2.32. The van der Waals surface area contributed by atoms with Crippen molar-refractivity contribution >= 4 is 11.8 Å². The van der Waals surface area contributed by atoms with Crippen LogP contribution >= 0.6 is 11.8 Å². The van der Waals surface area contributed by atoms with E-state index >= 15 is 0 Å². The maximum absolute atomic E-state index is 13.1. The summed E-state index contributed by atoms with van der Waals surface area (Å²) in [6.45, 7) is 3.81. The summed E-state index contributed by atoms with van der Waals surface area (Å²) in [5, 5.41) is 2.98. The first-order chi connectivity index (χ1) is 5.95. The van der Waals surface area contributed by atoms with E-state index in [1.807, 2.05) is 6.26 Å². The molecular formula is C9H17F2NS. The summed E-state index contributed by atoms with van der Waals surface area (Å²) < 4.78 is 26.2. The molecule has 0 aliphatic carbocycles. The van der Waals surface area contributed by atoms with Crippen molar-refractivity contribution in [1.82, 2.24) is 5.32 Å². The van der Waals surface area contributed by atoms with Crippen molar-refractivity contribution in [2.45, 2.75) is 37.5 Å². The van der Waals surface area contributed by atoms with Crippen LogP contribution in [0.5, 0.6) is 0 Å². The smallest absolute Gasteiger partial charge is 0.261 e. The summed E-state index contributed by atoms with van der Waals surface area (Å²) in [7, 11) is 0. The molecule has 1 heterocycles. The second kappa shape index (κ2) is 4.13. The minimum absolute atomic E-state index is 0.0451. The van der Waals surface area contributed by atoms with E-state index in [0.717, 1.165) is 13.3 Å². The van der Waals surface area contributed by atoms with Gasteiger partial charge in [0.15, 0.2) is 0 Å². The first-order valence-electron chi connectivity index (χ1n) is 4.59. The molecule has 0 aromatic carbocycles. The van der Waals surface area contributed by atoms with Crippen LogP contribution in [0.4, 0.5) is 8.78 Å². The highest BCUT2D eigenvalue weighted by Gasteiger charge is 2.42. The lowest BCUT2D eigenvalue weighted by molar-refractivity contribution is -0.0274. The summed E-state index contributed by atoms with van der Waals surface area (Å²) >= 11 is 1.54. The molecule has 1 aliphatic heterocycles. The molecule has 0 bridgehead atoms. The number of alkyl halides is 2. The van der Waals surface area contributed by atoms with E-state index in [2.05, 4.69) is 12.2 Å². The van der Waals surface area contributed by atoms with Crippen LogP contribution in [0.1, 0.15) is 20.3 Å². The third-order valence-corrected chi connectivity index (χ3v) is 3.61. The van der Waals surface area contributed by atoms with E-state index < -0.39 is 12.0 Å². The van der Waals surface area contributed by atoms with Crippen LogP contribution in [-0.2, 0) is 0 Å². The van der Waals surface area contributed by atoms with Gasteiger partial charge in [-0.1, -0.05) is 6.92 Å². The minimum Gasteiger partial charge on any atom is -0.307 e. The number of nitrogens with one attached hydrogen (secondary N) is 1. The number of hydrogen-bond acceptors (Lipinski definition) is 2. The molecule has 0 amide bonds. The maximum Gasteiger partial charge on any atom is 0.261 e. The number of thioether (sulfide) groups is 1. The van der Waals surface area contributed by atoms with Gasteiger partial charge < -0.3 is 5.32 Å². The lowest BCUT2D eigenvalue weighted by Crippen LogP contribution is -2.55. The summed E-state index contributed by atoms with van der Waals surface area (Å²) in [4.78, 5) is 0. The van der Waals surface area contributed by atoms with Crippen LogP contribution in [0, 0.1) is 5.92 Å². The normalized spacial score (nSPS) is 36.2. The summed E-state index contributed by atoms with van der Waals surface area (Å²) in [5.41, 5.74) is 0. The molecule has 1 N–H and O–H groups in total. The quantitative estimate of drug-likeness (QED) is 0.749. The first-order valence-corrected chi connectivity index (χ1v) is 5.88. The summed E-state index contributed by atoms with van der Waals surface area (Å²) in [5.74, 6) is -2.09. The Balaban J connectivity index is 2.63. The van der Waals surface area contributed by atoms with Crippen molar-refractivity contribution in [3.05, 3.63) is 0 Å². The summed E-state index contributed by atoms with van der Waals surface area (Å²) in [6, 6.07) is -0.654. The van der Waals surface area contributed by atoms with E-state index in [9.17, 15) is 8.78 Å². The Labute approximate surface area is 82.7 Å². The Morgan fingerprint density at radius 3 is 2.54 bits per heavy atom. The lowest BCUT2D eigenvalue weighted by Gasteiger charge is -2.37. The first kappa shape index (κ1) is 11.2. The van der Waals surface area contributed by atoms with Gasteiger partial charge in [0, 0.05) is 12.2 Å². The van der Waals surface area contributed by atoms with Crippen LogP contribution in [0.25, 0.3) is 0 Å². The van der Waals surface area contributed by atoms with Gasteiger partial charge in [-0.2, -0.15) is 11.8 Å². The largest absolute Gasteiger partial charge is 0.307 e. The van der Waals surface area contributed by atoms with Gasteiger partial charge in [0.25, 0.3) is 5.92 Å². The van der Waals surface area contributed by atoms with Gasteiger partial charge >= 0.3 is 0 Å². The van der Waals surface area contributed by atoms with Gasteiger partial charge in [0.2, 0.25) is 0 Å². The third kappa shape index (κ3) is 2.81. The van der Waals surface area contributed by atoms with Crippen LogP contribution in [-0.4, -0.2) is 30.0 Å². The van der Waals surface area contributed by atoms with Gasteiger partial charge in [0.05, 0.1) is 6.04 Å². The number of hydrogen-bond donors (Lipinski definition) is 1. The van der Waals surface area contributed by atoms with Gasteiger partial charge in [-0.25, -0.2) is 8.78 Å². The van der Waals surface area contributed by atoms with Crippen molar-refractivity contribution in [2.24, 2.45) is 5.92 Å². The molecule has 1 saturated heterocycles. The number of rotatable bonds is 2. The number of piperidine rings is 1. The zero-order valence-corrected chi connectivity index (χ0v) is 9.13. The topological polar surface area (TPSA) is 12.0 Å². The molecule has 0 aromatic rings. The van der Waals surface area contributed by atoms with E-state index in [4.69, 9.17) is 0 Å². The standard InChI is InChI=1S/C9H17F2NS/c1-6-4-7(13-3)8(12-5-6)9(2,10)11/h6-8,12H,4-5H2,1-3H3. The zero-order chi connectivity index (χ0) is 10.1. The molecule has 78 valence electrons. The Kier molecular flexibility index (Phi) is 3.57. The molecular weight excluding hydrogens is 192 g/mol. The van der Waals surface area contributed by atoms with Crippen molar-refractivity contribution in [3.63, 3.8) is 0 Å². The Hall–Kier alpha value is 0.170. The molecule has 3 atom stereocenters. The van der Waals surface area contributed by atoms with E-state index in [1.54, 1.807) is 11.8 Å². The van der Waals surface area contributed by atoms with Gasteiger partial charge in [-0.15, -0.1) is 0 Å². The van der Waals surface area contributed by atoms with E-state index in [1.165, 1.54) is 0 Å². The van der Waals surface area contributed by atoms with E-state index in [0.29, 0.717) is 12.5 Å². The number of halogens is 2. The molecule has 3 unspecified atom stereocenters.